The SMILES string of the molecule is CCOC(=O)C1Sc2nnc(-c3ccccc3)n2N=C1C. The number of ether oxygens (including phenoxy) is 1. The Morgan fingerprint density at radius 2 is 2.10 bits per heavy atom. The van der Waals surface area contributed by atoms with Crippen LogP contribution in [-0.2, 0) is 9.53 Å². The molecule has 1 aliphatic heterocycles. The number of carbonyl (C=O) groups excluding carboxylic acids is 1. The van der Waals surface area contributed by atoms with Crippen molar-refractivity contribution in [1.82, 2.24) is 14.9 Å². The van der Waals surface area contributed by atoms with Crippen molar-refractivity contribution in [3.63, 3.8) is 0 Å². The molecule has 0 aliphatic carbocycles. The first kappa shape index (κ1) is 13.8. The van der Waals surface area contributed by atoms with Gasteiger partial charge in [-0.1, -0.05) is 42.1 Å². The van der Waals surface area contributed by atoms with Crippen molar-refractivity contribution < 1.29 is 9.53 Å². The van der Waals surface area contributed by atoms with E-state index in [1.54, 1.807) is 11.6 Å². The Balaban J connectivity index is 1.96. The Kier molecular flexibility index (Phi) is 3.74. The molecule has 0 spiro atoms. The summed E-state index contributed by atoms with van der Waals surface area (Å²) in [5, 5.41) is 12.9. The lowest BCUT2D eigenvalue weighted by atomic mass is 10.2. The molecule has 0 bridgehead atoms. The van der Waals surface area contributed by atoms with E-state index in [-0.39, 0.29) is 5.97 Å². The lowest BCUT2D eigenvalue weighted by Crippen LogP contribution is -2.30. The van der Waals surface area contributed by atoms with Crippen LogP contribution in [0.15, 0.2) is 40.6 Å². The summed E-state index contributed by atoms with van der Waals surface area (Å²) in [5.74, 6) is 0.374. The molecule has 3 rings (SSSR count). The van der Waals surface area contributed by atoms with Crippen LogP contribution in [0.2, 0.25) is 0 Å². The van der Waals surface area contributed by atoms with Crippen LogP contribution < -0.4 is 0 Å². The summed E-state index contributed by atoms with van der Waals surface area (Å²) >= 11 is 1.31. The summed E-state index contributed by atoms with van der Waals surface area (Å²) in [6.07, 6.45) is 0. The minimum absolute atomic E-state index is 0.292. The van der Waals surface area contributed by atoms with Gasteiger partial charge in [-0.25, -0.2) is 0 Å². The van der Waals surface area contributed by atoms with Gasteiger partial charge in [0.2, 0.25) is 5.16 Å². The average molecular weight is 302 g/mol. The van der Waals surface area contributed by atoms with Crippen molar-refractivity contribution in [2.75, 3.05) is 6.61 Å². The lowest BCUT2D eigenvalue weighted by molar-refractivity contribution is -0.141. The van der Waals surface area contributed by atoms with Gasteiger partial charge in [0.25, 0.3) is 0 Å². The Hall–Kier alpha value is -2.15. The summed E-state index contributed by atoms with van der Waals surface area (Å²) in [5.41, 5.74) is 1.62. The van der Waals surface area contributed by atoms with E-state index in [2.05, 4.69) is 15.3 Å². The van der Waals surface area contributed by atoms with E-state index >= 15 is 0 Å². The highest BCUT2D eigenvalue weighted by molar-refractivity contribution is 8.01. The van der Waals surface area contributed by atoms with Crippen LogP contribution in [0.3, 0.4) is 0 Å². The number of thioether (sulfide) groups is 1. The molecule has 1 unspecified atom stereocenters. The quantitative estimate of drug-likeness (QED) is 0.813. The van der Waals surface area contributed by atoms with Gasteiger partial charge in [0.05, 0.1) is 12.3 Å². The topological polar surface area (TPSA) is 69.4 Å². The molecule has 2 heterocycles. The zero-order chi connectivity index (χ0) is 14.8. The molecule has 1 aromatic carbocycles. The lowest BCUT2D eigenvalue weighted by Gasteiger charge is -2.19. The summed E-state index contributed by atoms with van der Waals surface area (Å²) in [4.78, 5) is 11.9. The number of rotatable bonds is 3. The van der Waals surface area contributed by atoms with Gasteiger partial charge < -0.3 is 4.74 Å². The minimum atomic E-state index is -0.453. The molecule has 7 heteroatoms. The second kappa shape index (κ2) is 5.69. The first-order chi connectivity index (χ1) is 10.2. The van der Waals surface area contributed by atoms with E-state index in [0.717, 1.165) is 5.56 Å². The van der Waals surface area contributed by atoms with Crippen LogP contribution in [0.5, 0.6) is 0 Å². The summed E-state index contributed by atoms with van der Waals surface area (Å²) in [7, 11) is 0. The molecule has 0 saturated heterocycles. The Bertz CT molecular complexity index is 696. The zero-order valence-corrected chi connectivity index (χ0v) is 12.5. The van der Waals surface area contributed by atoms with Gasteiger partial charge in [-0.2, -0.15) is 9.78 Å². The molecule has 2 aromatic rings. The molecular formula is C14H14N4O2S. The summed E-state index contributed by atoms with van der Waals surface area (Å²) in [6.45, 7) is 3.95. The second-order valence-electron chi connectivity index (χ2n) is 4.48. The number of hydrogen-bond acceptors (Lipinski definition) is 6. The van der Waals surface area contributed by atoms with Crippen molar-refractivity contribution >= 4 is 23.4 Å². The second-order valence-corrected chi connectivity index (χ2v) is 5.55. The Morgan fingerprint density at radius 1 is 1.33 bits per heavy atom. The number of esters is 1. The van der Waals surface area contributed by atoms with E-state index in [4.69, 9.17) is 4.74 Å². The predicted octanol–water partition coefficient (Wildman–Crippen LogP) is 2.21. The van der Waals surface area contributed by atoms with E-state index in [1.165, 1.54) is 11.8 Å². The largest absolute Gasteiger partial charge is 0.465 e. The fraction of sp³-hybridized carbons (Fsp3) is 0.286. The van der Waals surface area contributed by atoms with E-state index in [0.29, 0.717) is 23.3 Å². The number of nitrogens with zero attached hydrogens (tertiary/aromatic N) is 4. The van der Waals surface area contributed by atoms with Gasteiger partial charge in [0, 0.05) is 5.56 Å². The molecule has 0 fully saturated rings. The molecule has 0 radical (unpaired) electrons. The first-order valence-electron chi connectivity index (χ1n) is 6.60. The molecule has 21 heavy (non-hydrogen) atoms. The van der Waals surface area contributed by atoms with Gasteiger partial charge >= 0.3 is 5.97 Å². The maximum absolute atomic E-state index is 11.9. The highest BCUT2D eigenvalue weighted by Gasteiger charge is 2.32. The normalized spacial score (nSPS) is 17.0. The summed E-state index contributed by atoms with van der Waals surface area (Å²) < 4.78 is 6.73. The van der Waals surface area contributed by atoms with Crippen LogP contribution >= 0.6 is 11.8 Å². The van der Waals surface area contributed by atoms with Crippen LogP contribution in [-0.4, -0.2) is 38.4 Å². The van der Waals surface area contributed by atoms with Gasteiger partial charge in [-0.3, -0.25) is 4.79 Å². The van der Waals surface area contributed by atoms with Crippen molar-refractivity contribution in [1.29, 1.82) is 0 Å². The third kappa shape index (κ3) is 2.56. The molecule has 0 N–H and O–H groups in total. The number of aromatic nitrogens is 3. The monoisotopic (exact) mass is 302 g/mol. The van der Waals surface area contributed by atoms with E-state index < -0.39 is 5.25 Å². The smallest absolute Gasteiger partial charge is 0.325 e. The summed E-state index contributed by atoms with van der Waals surface area (Å²) in [6, 6.07) is 9.71. The fourth-order valence-corrected chi connectivity index (χ4v) is 2.94. The highest BCUT2D eigenvalue weighted by Crippen LogP contribution is 2.31. The third-order valence-electron chi connectivity index (χ3n) is 3.01. The molecule has 1 aromatic heterocycles. The maximum Gasteiger partial charge on any atom is 0.325 e. The van der Waals surface area contributed by atoms with Gasteiger partial charge in [-0.15, -0.1) is 10.2 Å². The molecule has 0 amide bonds. The zero-order valence-electron chi connectivity index (χ0n) is 11.7. The number of carbonyl (C=O) groups is 1. The fourth-order valence-electron chi connectivity index (χ4n) is 2.03. The third-order valence-corrected chi connectivity index (χ3v) is 4.24. The highest BCUT2D eigenvalue weighted by atomic mass is 32.2. The predicted molar refractivity (Wildman–Crippen MR) is 80.2 cm³/mol. The van der Waals surface area contributed by atoms with Crippen molar-refractivity contribution in [2.24, 2.45) is 5.10 Å². The molecule has 108 valence electrons. The van der Waals surface area contributed by atoms with E-state index in [1.807, 2.05) is 37.3 Å². The van der Waals surface area contributed by atoms with Crippen LogP contribution in [0.4, 0.5) is 0 Å². The number of hydrogen-bond donors (Lipinski definition) is 0. The standard InChI is InChI=1S/C14H14N4O2S/c1-3-20-13(19)11-9(2)17-18-12(15-16-14(18)21-11)10-7-5-4-6-8-10/h4-8,11H,3H2,1-2H3. The molecule has 1 aliphatic rings. The van der Waals surface area contributed by atoms with Crippen molar-refractivity contribution in [2.45, 2.75) is 24.3 Å². The van der Waals surface area contributed by atoms with E-state index in [9.17, 15) is 4.79 Å². The Morgan fingerprint density at radius 3 is 2.81 bits per heavy atom. The average Bonchev–Trinajstić information content (AvgIpc) is 2.90. The van der Waals surface area contributed by atoms with Crippen LogP contribution in [0.25, 0.3) is 11.4 Å². The molecule has 1 atom stereocenters. The maximum atomic E-state index is 11.9. The van der Waals surface area contributed by atoms with Crippen LogP contribution in [0.1, 0.15) is 13.8 Å². The number of fused-ring (bicyclic) bond motifs is 1. The van der Waals surface area contributed by atoms with Gasteiger partial charge in [0.15, 0.2) is 5.82 Å². The number of benzene rings is 1. The van der Waals surface area contributed by atoms with Gasteiger partial charge in [0.1, 0.15) is 5.25 Å². The molecule has 0 saturated carbocycles. The van der Waals surface area contributed by atoms with Gasteiger partial charge in [-0.05, 0) is 13.8 Å². The van der Waals surface area contributed by atoms with Crippen LogP contribution in [0, 0.1) is 0 Å². The first-order valence-corrected chi connectivity index (χ1v) is 7.48. The molecule has 6 nitrogen and oxygen atoms in total. The van der Waals surface area contributed by atoms with Crippen molar-refractivity contribution in [3.05, 3.63) is 30.3 Å². The van der Waals surface area contributed by atoms with Crippen molar-refractivity contribution in [3.8, 4) is 11.4 Å². The molecular weight excluding hydrogens is 288 g/mol. The minimum Gasteiger partial charge on any atom is -0.465 e. The Labute approximate surface area is 126 Å².